The average molecular weight is 610 g/mol. The molecule has 0 aliphatic carbocycles. The number of ether oxygens (including phenoxy) is 2. The van der Waals surface area contributed by atoms with Crippen LogP contribution in [0.4, 0.5) is 0 Å². The SMILES string of the molecule is CCCCCCCCCCCCCCCCCCC(=O)OC(COC(=O)CCC)COP(=O)(O)OCC(N)C(=O)O. The number of carbonyl (C=O) groups is 3. The minimum absolute atomic E-state index is 0.165. The molecule has 0 fully saturated rings. The average Bonchev–Trinajstić information content (AvgIpc) is 2.93. The monoisotopic (exact) mass is 609 g/mol. The second-order valence-corrected chi connectivity index (χ2v) is 12.1. The third kappa shape index (κ3) is 25.9. The molecule has 0 amide bonds. The van der Waals surface area contributed by atoms with Crippen molar-refractivity contribution in [2.24, 2.45) is 5.73 Å². The molecule has 0 rings (SSSR count). The van der Waals surface area contributed by atoms with Crippen LogP contribution in [0.5, 0.6) is 0 Å². The van der Waals surface area contributed by atoms with Crippen LogP contribution >= 0.6 is 7.82 Å². The fraction of sp³-hybridized carbons (Fsp3) is 0.897. The normalized spacial score (nSPS) is 14.2. The first-order valence-corrected chi connectivity index (χ1v) is 17.1. The fourth-order valence-electron chi connectivity index (χ4n) is 4.10. The van der Waals surface area contributed by atoms with Crippen molar-refractivity contribution in [2.45, 2.75) is 148 Å². The van der Waals surface area contributed by atoms with Crippen molar-refractivity contribution < 1.29 is 47.5 Å². The maximum absolute atomic E-state index is 12.3. The summed E-state index contributed by atoms with van der Waals surface area (Å²) in [6, 6.07) is -1.51. The molecule has 3 unspecified atom stereocenters. The van der Waals surface area contributed by atoms with Gasteiger partial charge in [-0.3, -0.25) is 23.4 Å². The van der Waals surface area contributed by atoms with Crippen molar-refractivity contribution in [3.63, 3.8) is 0 Å². The van der Waals surface area contributed by atoms with Crippen LogP contribution in [0.15, 0.2) is 0 Å². The summed E-state index contributed by atoms with van der Waals surface area (Å²) in [5.41, 5.74) is 5.25. The zero-order chi connectivity index (χ0) is 30.8. The molecule has 11 nitrogen and oxygen atoms in total. The van der Waals surface area contributed by atoms with E-state index in [0.29, 0.717) is 12.8 Å². The first-order valence-electron chi connectivity index (χ1n) is 15.6. The molecule has 0 radical (unpaired) electrons. The number of phosphoric ester groups is 1. The molecule has 0 aromatic rings. The van der Waals surface area contributed by atoms with Crippen molar-refractivity contribution in [2.75, 3.05) is 19.8 Å². The van der Waals surface area contributed by atoms with E-state index in [2.05, 4.69) is 11.4 Å². The Balaban J connectivity index is 4.13. The zero-order valence-electron chi connectivity index (χ0n) is 25.4. The number of carbonyl (C=O) groups excluding carboxylic acids is 2. The van der Waals surface area contributed by atoms with Gasteiger partial charge in [0.2, 0.25) is 0 Å². The number of hydrogen-bond donors (Lipinski definition) is 3. The number of hydrogen-bond acceptors (Lipinski definition) is 9. The van der Waals surface area contributed by atoms with Crippen LogP contribution in [0.2, 0.25) is 0 Å². The Kier molecular flexibility index (Phi) is 25.2. The van der Waals surface area contributed by atoms with Gasteiger partial charge in [-0.2, -0.15) is 0 Å². The highest BCUT2D eigenvalue weighted by Gasteiger charge is 2.28. The third-order valence-corrected chi connectivity index (χ3v) is 7.53. The van der Waals surface area contributed by atoms with Crippen LogP contribution in [-0.4, -0.2) is 59.9 Å². The number of carboxylic acids is 1. The highest BCUT2D eigenvalue weighted by atomic mass is 31.2. The van der Waals surface area contributed by atoms with Gasteiger partial charge in [0.05, 0.1) is 13.2 Å². The van der Waals surface area contributed by atoms with Gasteiger partial charge in [-0.15, -0.1) is 0 Å². The van der Waals surface area contributed by atoms with E-state index >= 15 is 0 Å². The van der Waals surface area contributed by atoms with Gasteiger partial charge < -0.3 is 25.2 Å². The van der Waals surface area contributed by atoms with Gasteiger partial charge in [-0.1, -0.05) is 110 Å². The van der Waals surface area contributed by atoms with Gasteiger partial charge in [0, 0.05) is 12.8 Å². The Morgan fingerprint density at radius 3 is 1.59 bits per heavy atom. The van der Waals surface area contributed by atoms with Gasteiger partial charge in [0.1, 0.15) is 12.6 Å². The first kappa shape index (κ1) is 39.5. The zero-order valence-corrected chi connectivity index (χ0v) is 26.3. The highest BCUT2D eigenvalue weighted by molar-refractivity contribution is 7.47. The molecule has 3 atom stereocenters. The maximum atomic E-state index is 12.3. The van der Waals surface area contributed by atoms with E-state index < -0.39 is 51.1 Å². The summed E-state index contributed by atoms with van der Waals surface area (Å²) in [6.07, 6.45) is 19.4. The van der Waals surface area contributed by atoms with Crippen molar-refractivity contribution in [3.8, 4) is 0 Å². The number of esters is 2. The van der Waals surface area contributed by atoms with Crippen LogP contribution in [0.25, 0.3) is 0 Å². The van der Waals surface area contributed by atoms with Crippen LogP contribution < -0.4 is 5.73 Å². The molecule has 242 valence electrons. The molecule has 0 saturated carbocycles. The minimum atomic E-state index is -4.67. The fourth-order valence-corrected chi connectivity index (χ4v) is 4.88. The van der Waals surface area contributed by atoms with Gasteiger partial charge >= 0.3 is 25.7 Å². The molecule has 0 aromatic carbocycles. The summed E-state index contributed by atoms with van der Waals surface area (Å²) in [7, 11) is -4.67. The molecule has 0 aromatic heterocycles. The summed E-state index contributed by atoms with van der Waals surface area (Å²) < 4.78 is 31.8. The molecule has 0 aliphatic heterocycles. The lowest BCUT2D eigenvalue weighted by atomic mass is 10.0. The van der Waals surface area contributed by atoms with E-state index in [1.165, 1.54) is 77.0 Å². The van der Waals surface area contributed by atoms with E-state index in [1.807, 2.05) is 0 Å². The van der Waals surface area contributed by atoms with Crippen molar-refractivity contribution in [1.29, 1.82) is 0 Å². The van der Waals surface area contributed by atoms with Gasteiger partial charge in [0.25, 0.3) is 0 Å². The van der Waals surface area contributed by atoms with Gasteiger partial charge in [0.15, 0.2) is 6.10 Å². The lowest BCUT2D eigenvalue weighted by Crippen LogP contribution is -2.34. The second kappa shape index (κ2) is 26.1. The van der Waals surface area contributed by atoms with Crippen LogP contribution in [-0.2, 0) is 37.5 Å². The molecule has 0 bridgehead atoms. The molecule has 4 N–H and O–H groups in total. The van der Waals surface area contributed by atoms with E-state index in [9.17, 15) is 23.8 Å². The Bertz CT molecular complexity index is 736. The Hall–Kier alpha value is -1.52. The topological polar surface area (TPSA) is 172 Å². The molecule has 0 spiro atoms. The quantitative estimate of drug-likeness (QED) is 0.0484. The lowest BCUT2D eigenvalue weighted by molar-refractivity contribution is -0.161. The molecular formula is C29H56NO10P. The second-order valence-electron chi connectivity index (χ2n) is 10.6. The van der Waals surface area contributed by atoms with E-state index in [-0.39, 0.29) is 19.4 Å². The third-order valence-electron chi connectivity index (χ3n) is 6.57. The summed E-state index contributed by atoms with van der Waals surface area (Å²) in [5, 5.41) is 8.75. The number of aliphatic carboxylic acids is 1. The number of nitrogens with two attached hydrogens (primary N) is 1. The first-order chi connectivity index (χ1) is 19.6. The van der Waals surface area contributed by atoms with Crippen LogP contribution in [0, 0.1) is 0 Å². The minimum Gasteiger partial charge on any atom is -0.480 e. The largest absolute Gasteiger partial charge is 0.480 e. The molecule has 0 aliphatic rings. The van der Waals surface area contributed by atoms with Gasteiger partial charge in [-0.05, 0) is 12.8 Å². The van der Waals surface area contributed by atoms with Crippen LogP contribution in [0.3, 0.4) is 0 Å². The predicted octanol–water partition coefficient (Wildman–Crippen LogP) is 6.44. The summed E-state index contributed by atoms with van der Waals surface area (Å²) in [6.45, 7) is 2.37. The molecule has 0 heterocycles. The van der Waals surface area contributed by atoms with Crippen molar-refractivity contribution in [3.05, 3.63) is 0 Å². The number of rotatable bonds is 29. The maximum Gasteiger partial charge on any atom is 0.472 e. The molecular weight excluding hydrogens is 553 g/mol. The van der Waals surface area contributed by atoms with E-state index in [0.717, 1.165) is 19.3 Å². The van der Waals surface area contributed by atoms with Crippen molar-refractivity contribution in [1.82, 2.24) is 0 Å². The number of carboxylic acid groups (broad SMARTS) is 1. The predicted molar refractivity (Wildman–Crippen MR) is 157 cm³/mol. The molecule has 0 saturated heterocycles. The Morgan fingerprint density at radius 2 is 1.12 bits per heavy atom. The highest BCUT2D eigenvalue weighted by Crippen LogP contribution is 2.43. The Labute approximate surface area is 246 Å². The Morgan fingerprint density at radius 1 is 0.659 bits per heavy atom. The number of unbranched alkanes of at least 4 members (excludes halogenated alkanes) is 15. The summed E-state index contributed by atoms with van der Waals surface area (Å²) >= 11 is 0. The lowest BCUT2D eigenvalue weighted by Gasteiger charge is -2.20. The summed E-state index contributed by atoms with van der Waals surface area (Å²) in [5.74, 6) is -2.44. The van der Waals surface area contributed by atoms with Crippen molar-refractivity contribution >= 4 is 25.7 Å². The smallest absolute Gasteiger partial charge is 0.472 e. The summed E-state index contributed by atoms with van der Waals surface area (Å²) in [4.78, 5) is 44.5. The van der Waals surface area contributed by atoms with E-state index in [1.54, 1.807) is 6.92 Å². The van der Waals surface area contributed by atoms with Gasteiger partial charge in [-0.25, -0.2) is 4.57 Å². The standard InChI is InChI=1S/C29H56NO10P/c1-3-5-6-7-8-9-10-11-12-13-14-15-16-17-18-19-21-28(32)40-25(22-37-27(31)20-4-2)23-38-41(35,36)39-24-26(30)29(33)34/h25-26H,3-24,30H2,1-2H3,(H,33,34)(H,35,36). The number of phosphoric acid groups is 1. The van der Waals surface area contributed by atoms with E-state index in [4.69, 9.17) is 24.8 Å². The molecule has 12 heteroatoms. The van der Waals surface area contributed by atoms with Crippen LogP contribution in [0.1, 0.15) is 136 Å². The molecule has 41 heavy (non-hydrogen) atoms.